The molecular weight excluding hydrogens is 585 g/mol. The number of anilines is 1. The molecule has 1 aromatic heterocycles. The van der Waals surface area contributed by atoms with E-state index in [1.807, 2.05) is 60.7 Å². The lowest BCUT2D eigenvalue weighted by atomic mass is 10.0. The van der Waals surface area contributed by atoms with Crippen LogP contribution in [0.15, 0.2) is 138 Å². The maximum Gasteiger partial charge on any atom is 0.279 e. The van der Waals surface area contributed by atoms with Gasteiger partial charge in [0.15, 0.2) is 0 Å². The van der Waals surface area contributed by atoms with Crippen LogP contribution in [0.2, 0.25) is 0 Å². The van der Waals surface area contributed by atoms with E-state index in [4.69, 9.17) is 9.84 Å². The number of ether oxygens (including phenoxy) is 1. The Labute approximate surface area is 272 Å². The van der Waals surface area contributed by atoms with E-state index in [0.717, 1.165) is 65.9 Å². The lowest BCUT2D eigenvalue weighted by Gasteiger charge is -2.21. The van der Waals surface area contributed by atoms with Crippen LogP contribution in [0, 0.1) is 0 Å². The second-order valence-corrected chi connectivity index (χ2v) is 13.5. The Hall–Kier alpha value is -4.73. The molecule has 5 nitrogen and oxygen atoms in total. The van der Waals surface area contributed by atoms with Gasteiger partial charge in [0.2, 0.25) is 0 Å². The summed E-state index contributed by atoms with van der Waals surface area (Å²) in [5.41, 5.74) is 3.46. The molecule has 0 N–H and O–H groups in total. The van der Waals surface area contributed by atoms with Crippen LogP contribution in [-0.2, 0) is 0 Å². The third-order valence-corrected chi connectivity index (χ3v) is 10.9. The van der Waals surface area contributed by atoms with E-state index in [1.54, 1.807) is 0 Å². The van der Waals surface area contributed by atoms with Crippen molar-refractivity contribution in [3.05, 3.63) is 144 Å². The van der Waals surface area contributed by atoms with E-state index in [1.165, 1.54) is 15.3 Å². The van der Waals surface area contributed by atoms with Crippen LogP contribution >= 0.6 is 7.92 Å². The molecule has 1 heterocycles. The van der Waals surface area contributed by atoms with Gasteiger partial charge < -0.3 is 9.64 Å². The molecule has 0 aliphatic carbocycles. The highest BCUT2D eigenvalue weighted by Crippen LogP contribution is 2.34. The fraction of sp³-hybridized carbons (Fsp3) is 0.200. The van der Waals surface area contributed by atoms with E-state index in [0.29, 0.717) is 12.0 Å². The standard InChI is InChI=1S/C40H40N3O2P/c1-3-42(4-2)32-23-25-33(26-24-32)43-40(44)38-20-12-11-19-37(38)39(41-43)31-21-27-34(28-22-31)45-29-13-14-30-46(35-15-7-5-8-16-35)36-17-9-6-10-18-36/h5-12,15-28H,3-4,13-14,29-30H2,1-2H3. The van der Waals surface area contributed by atoms with Gasteiger partial charge in [-0.1, -0.05) is 78.9 Å². The lowest BCUT2D eigenvalue weighted by Crippen LogP contribution is -2.23. The molecule has 0 saturated carbocycles. The van der Waals surface area contributed by atoms with Crippen molar-refractivity contribution in [1.82, 2.24) is 9.78 Å². The van der Waals surface area contributed by atoms with Crippen molar-refractivity contribution in [2.75, 3.05) is 30.8 Å². The molecule has 0 saturated heterocycles. The minimum Gasteiger partial charge on any atom is -0.494 e. The number of rotatable bonds is 13. The van der Waals surface area contributed by atoms with Crippen LogP contribution in [0.3, 0.4) is 0 Å². The predicted molar refractivity (Wildman–Crippen MR) is 195 cm³/mol. The summed E-state index contributed by atoms with van der Waals surface area (Å²) in [4.78, 5) is 15.8. The van der Waals surface area contributed by atoms with Crippen molar-refractivity contribution in [2.45, 2.75) is 26.7 Å². The van der Waals surface area contributed by atoms with Crippen molar-refractivity contribution in [3.63, 3.8) is 0 Å². The topological polar surface area (TPSA) is 47.4 Å². The molecular formula is C40H40N3O2P. The third kappa shape index (κ3) is 7.06. The minimum atomic E-state index is -0.384. The van der Waals surface area contributed by atoms with Crippen molar-refractivity contribution in [2.24, 2.45) is 0 Å². The number of hydrogen-bond donors (Lipinski definition) is 0. The fourth-order valence-electron chi connectivity index (χ4n) is 5.87. The highest BCUT2D eigenvalue weighted by molar-refractivity contribution is 7.73. The van der Waals surface area contributed by atoms with Gasteiger partial charge in [-0.05, 0) is 106 Å². The Bertz CT molecular complexity index is 1860. The molecule has 0 spiro atoms. The minimum absolute atomic E-state index is 0.127. The average molecular weight is 626 g/mol. The number of benzene rings is 5. The summed E-state index contributed by atoms with van der Waals surface area (Å²) < 4.78 is 7.69. The van der Waals surface area contributed by atoms with Crippen molar-refractivity contribution >= 4 is 35.0 Å². The van der Waals surface area contributed by atoms with Gasteiger partial charge in [-0.25, -0.2) is 0 Å². The van der Waals surface area contributed by atoms with Crippen molar-refractivity contribution < 1.29 is 4.74 Å². The first-order chi connectivity index (χ1) is 22.7. The molecule has 0 radical (unpaired) electrons. The average Bonchev–Trinajstić information content (AvgIpc) is 3.12. The van der Waals surface area contributed by atoms with Gasteiger partial charge in [0.25, 0.3) is 5.56 Å². The monoisotopic (exact) mass is 625 g/mol. The summed E-state index contributed by atoms with van der Waals surface area (Å²) in [6.07, 6.45) is 3.23. The molecule has 0 amide bonds. The Morgan fingerprint density at radius 2 is 1.26 bits per heavy atom. The summed E-state index contributed by atoms with van der Waals surface area (Å²) in [6, 6.07) is 45.6. The quantitative estimate of drug-likeness (QED) is 0.0959. The second-order valence-electron chi connectivity index (χ2n) is 11.2. The van der Waals surface area contributed by atoms with Crippen LogP contribution in [0.4, 0.5) is 5.69 Å². The normalized spacial score (nSPS) is 11.2. The number of aromatic nitrogens is 2. The number of hydrogen-bond acceptors (Lipinski definition) is 4. The molecule has 0 bridgehead atoms. The van der Waals surface area contributed by atoms with Crippen LogP contribution in [-0.4, -0.2) is 35.6 Å². The maximum absolute atomic E-state index is 13.5. The summed E-state index contributed by atoms with van der Waals surface area (Å²) in [6.45, 7) is 6.81. The molecule has 0 aliphatic heterocycles. The lowest BCUT2D eigenvalue weighted by molar-refractivity contribution is 0.310. The third-order valence-electron chi connectivity index (χ3n) is 8.34. The van der Waals surface area contributed by atoms with E-state index < -0.39 is 0 Å². The van der Waals surface area contributed by atoms with Crippen LogP contribution < -0.4 is 25.8 Å². The summed E-state index contributed by atoms with van der Waals surface area (Å²) in [5.74, 6) is 0.835. The predicted octanol–water partition coefficient (Wildman–Crippen LogP) is 8.19. The van der Waals surface area contributed by atoms with Gasteiger partial charge in [0, 0.05) is 29.7 Å². The van der Waals surface area contributed by atoms with E-state index in [2.05, 4.69) is 91.5 Å². The molecule has 0 fully saturated rings. The molecule has 0 aliphatic rings. The SMILES string of the molecule is CCN(CC)c1ccc(-n2nc(-c3ccc(OCCCCP(c4ccccc4)c4ccccc4)cc3)c3ccccc3c2=O)cc1. The van der Waals surface area contributed by atoms with Crippen molar-refractivity contribution in [3.8, 4) is 22.7 Å². The van der Waals surface area contributed by atoms with Gasteiger partial charge in [0.05, 0.1) is 23.4 Å². The first-order valence-corrected chi connectivity index (χ1v) is 17.7. The molecule has 232 valence electrons. The zero-order chi connectivity index (χ0) is 31.7. The molecule has 0 atom stereocenters. The van der Waals surface area contributed by atoms with E-state index in [9.17, 15) is 4.79 Å². The van der Waals surface area contributed by atoms with Gasteiger partial charge in [-0.15, -0.1) is 0 Å². The first kappa shape index (κ1) is 31.3. The number of unbranched alkanes of at least 4 members (excludes halogenated alkanes) is 1. The van der Waals surface area contributed by atoms with Gasteiger partial charge in [-0.2, -0.15) is 9.78 Å². The van der Waals surface area contributed by atoms with Crippen molar-refractivity contribution in [1.29, 1.82) is 0 Å². The summed E-state index contributed by atoms with van der Waals surface area (Å²) in [7, 11) is -0.384. The summed E-state index contributed by atoms with van der Waals surface area (Å²) in [5, 5.41) is 9.21. The first-order valence-electron chi connectivity index (χ1n) is 16.1. The van der Waals surface area contributed by atoms with Gasteiger partial charge >= 0.3 is 0 Å². The van der Waals surface area contributed by atoms with Crippen LogP contribution in [0.25, 0.3) is 27.7 Å². The number of fused-ring (bicyclic) bond motifs is 1. The molecule has 0 unspecified atom stereocenters. The Morgan fingerprint density at radius 3 is 1.87 bits per heavy atom. The molecule has 5 aromatic carbocycles. The Morgan fingerprint density at radius 1 is 0.674 bits per heavy atom. The zero-order valence-electron chi connectivity index (χ0n) is 26.5. The summed E-state index contributed by atoms with van der Waals surface area (Å²) >= 11 is 0. The van der Waals surface area contributed by atoms with Crippen LogP contribution in [0.1, 0.15) is 26.7 Å². The van der Waals surface area contributed by atoms with Gasteiger partial charge in [-0.3, -0.25) is 4.79 Å². The zero-order valence-corrected chi connectivity index (χ0v) is 27.4. The van der Waals surface area contributed by atoms with E-state index >= 15 is 0 Å². The van der Waals surface area contributed by atoms with Crippen LogP contribution in [0.5, 0.6) is 5.75 Å². The Balaban J connectivity index is 1.15. The molecule has 6 aromatic rings. The second kappa shape index (κ2) is 15.0. The largest absolute Gasteiger partial charge is 0.494 e. The smallest absolute Gasteiger partial charge is 0.279 e. The highest BCUT2D eigenvalue weighted by atomic mass is 31.1. The highest BCUT2D eigenvalue weighted by Gasteiger charge is 2.15. The molecule has 6 heteroatoms. The Kier molecular flexibility index (Phi) is 10.2. The van der Waals surface area contributed by atoms with Gasteiger partial charge in [0.1, 0.15) is 5.75 Å². The maximum atomic E-state index is 13.5. The number of nitrogens with zero attached hydrogens (tertiary/aromatic N) is 3. The molecule has 6 rings (SSSR count). The van der Waals surface area contributed by atoms with E-state index in [-0.39, 0.29) is 13.5 Å². The fourth-order valence-corrected chi connectivity index (χ4v) is 8.28. The molecule has 46 heavy (non-hydrogen) atoms.